The number of amidine groups is 1. The van der Waals surface area contributed by atoms with Crippen molar-refractivity contribution in [3.05, 3.63) is 40.3 Å². The number of nitrogens with two attached hydrogens (primary N) is 1. The van der Waals surface area contributed by atoms with Gasteiger partial charge in [-0.25, -0.2) is 9.67 Å². The summed E-state index contributed by atoms with van der Waals surface area (Å²) in [5.74, 6) is 0.366. The van der Waals surface area contributed by atoms with Crippen molar-refractivity contribution in [2.75, 3.05) is 0 Å². The average molecular weight is 427 g/mol. The van der Waals surface area contributed by atoms with Gasteiger partial charge in [-0.15, -0.1) is 0 Å². The average Bonchev–Trinajstić information content (AvgIpc) is 3.07. The van der Waals surface area contributed by atoms with Crippen molar-refractivity contribution in [2.45, 2.75) is 39.2 Å². The maximum atomic E-state index is 12.7. The van der Waals surface area contributed by atoms with Gasteiger partial charge in [-0.2, -0.15) is 18.3 Å². The highest BCUT2D eigenvalue weighted by Crippen LogP contribution is 2.37. The molecule has 2 aliphatic rings. The van der Waals surface area contributed by atoms with E-state index in [0.29, 0.717) is 27.3 Å². The van der Waals surface area contributed by atoms with Crippen LogP contribution < -0.4 is 16.4 Å². The monoisotopic (exact) mass is 426 g/mol. The van der Waals surface area contributed by atoms with E-state index in [1.54, 1.807) is 32.0 Å². The molecule has 4 rings (SSSR count). The number of aromatic nitrogens is 2. The van der Waals surface area contributed by atoms with Gasteiger partial charge in [0.15, 0.2) is 0 Å². The number of carbonyl (C=O) groups is 1. The molecule has 0 aliphatic carbocycles. The Bertz CT molecular complexity index is 1090. The van der Waals surface area contributed by atoms with Crippen LogP contribution >= 0.6 is 11.6 Å². The second-order valence-electron chi connectivity index (χ2n) is 7.53. The first-order valence-corrected chi connectivity index (χ1v) is 9.25. The van der Waals surface area contributed by atoms with Crippen LogP contribution in [0.25, 0.3) is 10.9 Å². The van der Waals surface area contributed by atoms with Gasteiger partial charge in [0, 0.05) is 28.8 Å². The molecule has 0 fully saturated rings. The number of alkyl halides is 3. The van der Waals surface area contributed by atoms with E-state index in [1.807, 2.05) is 0 Å². The molecule has 0 spiro atoms. The van der Waals surface area contributed by atoms with Gasteiger partial charge in [-0.05, 0) is 32.0 Å². The number of halogens is 4. The Morgan fingerprint density at radius 2 is 2.07 bits per heavy atom. The summed E-state index contributed by atoms with van der Waals surface area (Å²) in [5.41, 5.74) is 6.63. The molecule has 1 unspecified atom stereocenters. The first-order valence-electron chi connectivity index (χ1n) is 8.87. The number of hydrogen-bond acceptors (Lipinski definition) is 5. The Morgan fingerprint density at radius 1 is 1.34 bits per heavy atom. The molecular weight excluding hydrogens is 409 g/mol. The van der Waals surface area contributed by atoms with E-state index < -0.39 is 24.3 Å². The van der Waals surface area contributed by atoms with Gasteiger partial charge in [-0.1, -0.05) is 11.6 Å². The van der Waals surface area contributed by atoms with E-state index in [0.717, 1.165) is 0 Å². The summed E-state index contributed by atoms with van der Waals surface area (Å²) in [6.07, 6.45) is -6.43. The third-order valence-corrected chi connectivity index (χ3v) is 5.33. The van der Waals surface area contributed by atoms with Crippen LogP contribution in [0.1, 0.15) is 32.3 Å². The molecule has 1 amide bonds. The van der Waals surface area contributed by atoms with Crippen LogP contribution in [-0.2, 0) is 11.2 Å². The van der Waals surface area contributed by atoms with Crippen molar-refractivity contribution < 1.29 is 18.0 Å². The highest BCUT2D eigenvalue weighted by atomic mass is 35.5. The van der Waals surface area contributed by atoms with Gasteiger partial charge in [0.05, 0.1) is 16.6 Å². The Labute approximate surface area is 168 Å². The molecule has 1 aromatic heterocycles. The molecule has 0 saturated carbocycles. The van der Waals surface area contributed by atoms with Crippen molar-refractivity contribution >= 4 is 34.2 Å². The van der Waals surface area contributed by atoms with Gasteiger partial charge in [-0.3, -0.25) is 4.79 Å². The molecule has 154 valence electrons. The van der Waals surface area contributed by atoms with Crippen LogP contribution in [0.4, 0.5) is 13.2 Å². The topological polar surface area (TPSA) is 97.3 Å². The lowest BCUT2D eigenvalue weighted by Crippen LogP contribution is -2.38. The second-order valence-corrected chi connectivity index (χ2v) is 7.97. The summed E-state index contributed by atoms with van der Waals surface area (Å²) in [4.78, 5) is 16.6. The fourth-order valence-electron chi connectivity index (χ4n) is 3.60. The number of nitrogens with zero attached hydrogens (tertiary/aromatic N) is 3. The van der Waals surface area contributed by atoms with E-state index >= 15 is 0 Å². The van der Waals surface area contributed by atoms with E-state index in [-0.39, 0.29) is 23.9 Å². The lowest BCUT2D eigenvalue weighted by atomic mass is 9.85. The fourth-order valence-corrected chi connectivity index (χ4v) is 3.77. The fraction of sp³-hybridized carbons (Fsp3) is 0.389. The summed E-state index contributed by atoms with van der Waals surface area (Å²) in [6, 6.07) is 4.86. The number of nitrogens with one attached hydrogen (secondary N) is 2. The maximum Gasteiger partial charge on any atom is 0.389 e. The SMILES string of the molecule is CC1(C)C(=O)NC2=C1C(N)=NC(n1nc(CCC(F)(F)F)c3cc(Cl)ccc31)N2. The number of fused-ring (bicyclic) bond motifs is 1. The van der Waals surface area contributed by atoms with Gasteiger partial charge in [0.2, 0.25) is 12.2 Å². The van der Waals surface area contributed by atoms with Gasteiger partial charge >= 0.3 is 6.18 Å². The van der Waals surface area contributed by atoms with Crippen LogP contribution in [0, 0.1) is 5.41 Å². The van der Waals surface area contributed by atoms with Crippen LogP contribution in [0.15, 0.2) is 34.6 Å². The summed E-state index contributed by atoms with van der Waals surface area (Å²) in [5, 5.41) is 11.1. The van der Waals surface area contributed by atoms with Gasteiger partial charge < -0.3 is 16.4 Å². The molecule has 1 aromatic carbocycles. The first kappa shape index (κ1) is 19.6. The Kier molecular flexibility index (Phi) is 4.30. The second kappa shape index (κ2) is 6.38. The lowest BCUT2D eigenvalue weighted by molar-refractivity contribution is -0.134. The predicted molar refractivity (Wildman–Crippen MR) is 102 cm³/mol. The van der Waals surface area contributed by atoms with E-state index in [9.17, 15) is 18.0 Å². The standard InChI is InChI=1S/C18H18ClF3N6O/c1-17(2)12-13(23)24-16(26-14(12)25-15(17)29)28-11-4-3-8(19)7-9(11)10(27-28)5-6-18(20,21)22/h3-4,7,16,26H,5-6H2,1-2H3,(H2,23,24)(H,25,29). The number of aliphatic imine (C=N–C) groups is 1. The van der Waals surface area contributed by atoms with Crippen molar-refractivity contribution in [3.8, 4) is 0 Å². The number of amides is 1. The predicted octanol–water partition coefficient (Wildman–Crippen LogP) is 2.97. The molecule has 7 nitrogen and oxygen atoms in total. The third-order valence-electron chi connectivity index (χ3n) is 5.09. The third kappa shape index (κ3) is 3.31. The molecule has 1 atom stereocenters. The number of rotatable bonds is 3. The quantitative estimate of drug-likeness (QED) is 0.702. The largest absolute Gasteiger partial charge is 0.389 e. The normalized spacial score (nSPS) is 21.1. The Balaban J connectivity index is 1.75. The van der Waals surface area contributed by atoms with E-state index in [1.165, 1.54) is 4.68 Å². The molecule has 3 heterocycles. The minimum absolute atomic E-state index is 0.168. The number of benzene rings is 1. The molecular formula is C18H18ClF3N6O. The van der Waals surface area contributed by atoms with Crippen molar-refractivity contribution in [3.63, 3.8) is 0 Å². The zero-order valence-corrected chi connectivity index (χ0v) is 16.3. The van der Waals surface area contributed by atoms with Crippen LogP contribution in [0.5, 0.6) is 0 Å². The molecule has 2 aromatic rings. The highest BCUT2D eigenvalue weighted by Gasteiger charge is 2.45. The molecule has 4 N–H and O–H groups in total. The highest BCUT2D eigenvalue weighted by molar-refractivity contribution is 6.31. The number of hydrogen-bond donors (Lipinski definition) is 3. The molecule has 0 radical (unpaired) electrons. The van der Waals surface area contributed by atoms with Crippen molar-refractivity contribution in [2.24, 2.45) is 16.1 Å². The number of carbonyl (C=O) groups excluding carboxylic acids is 1. The smallest absolute Gasteiger partial charge is 0.384 e. The minimum Gasteiger partial charge on any atom is -0.384 e. The van der Waals surface area contributed by atoms with Crippen LogP contribution in [-0.4, -0.2) is 27.7 Å². The zero-order valence-electron chi connectivity index (χ0n) is 15.6. The van der Waals surface area contributed by atoms with Crippen LogP contribution in [0.2, 0.25) is 5.02 Å². The summed E-state index contributed by atoms with van der Waals surface area (Å²) < 4.78 is 39.6. The maximum absolute atomic E-state index is 12.7. The molecule has 2 aliphatic heterocycles. The zero-order chi connectivity index (χ0) is 21.1. The summed E-state index contributed by atoms with van der Waals surface area (Å²) in [7, 11) is 0. The van der Waals surface area contributed by atoms with Gasteiger partial charge in [0.1, 0.15) is 11.7 Å². The number of aryl methyl sites for hydroxylation is 1. The van der Waals surface area contributed by atoms with Gasteiger partial charge in [0.25, 0.3) is 0 Å². The first-order chi connectivity index (χ1) is 13.5. The minimum atomic E-state index is -4.31. The molecule has 11 heteroatoms. The summed E-state index contributed by atoms with van der Waals surface area (Å²) >= 11 is 6.04. The molecule has 29 heavy (non-hydrogen) atoms. The van der Waals surface area contributed by atoms with Crippen molar-refractivity contribution in [1.29, 1.82) is 0 Å². The van der Waals surface area contributed by atoms with E-state index in [4.69, 9.17) is 17.3 Å². The summed E-state index contributed by atoms with van der Waals surface area (Å²) in [6.45, 7) is 3.46. The lowest BCUT2D eigenvalue weighted by Gasteiger charge is -2.26. The van der Waals surface area contributed by atoms with Crippen LogP contribution in [0.3, 0.4) is 0 Å². The molecule has 0 bridgehead atoms. The van der Waals surface area contributed by atoms with E-state index in [2.05, 4.69) is 20.7 Å². The van der Waals surface area contributed by atoms with Crippen molar-refractivity contribution in [1.82, 2.24) is 20.4 Å². The Morgan fingerprint density at radius 3 is 2.76 bits per heavy atom. The molecule has 0 saturated heterocycles. The Hall–Kier alpha value is -2.75.